The number of alkyl halides is 3. The van der Waals surface area contributed by atoms with E-state index in [1.54, 1.807) is 17.9 Å². The second-order valence-electron chi connectivity index (χ2n) is 9.88. The molecule has 206 valence electrons. The Morgan fingerprint density at radius 3 is 2.63 bits per heavy atom. The number of ether oxygens (including phenoxy) is 3. The maximum Gasteiger partial charge on any atom is 0.458 e. The summed E-state index contributed by atoms with van der Waals surface area (Å²) in [5.74, 6) is 4.20. The van der Waals surface area contributed by atoms with Gasteiger partial charge in [0.25, 0.3) is 0 Å². The molecule has 1 fully saturated rings. The summed E-state index contributed by atoms with van der Waals surface area (Å²) in [4.78, 5) is 14.2. The molecule has 1 aromatic carbocycles. The van der Waals surface area contributed by atoms with Gasteiger partial charge in [-0.25, -0.2) is 4.79 Å². The minimum atomic E-state index is -4.60. The zero-order valence-corrected chi connectivity index (χ0v) is 22.2. The summed E-state index contributed by atoms with van der Waals surface area (Å²) in [6, 6.07) is 6.31. The molecule has 2 aromatic rings. The van der Waals surface area contributed by atoms with Crippen molar-refractivity contribution in [2.24, 2.45) is 0 Å². The predicted molar refractivity (Wildman–Crippen MR) is 137 cm³/mol. The second kappa shape index (κ2) is 12.3. The van der Waals surface area contributed by atoms with Crippen LogP contribution in [0.15, 0.2) is 24.3 Å². The molecular formula is C27H33F3N4O4. The van der Waals surface area contributed by atoms with Gasteiger partial charge in [-0.1, -0.05) is 5.92 Å². The van der Waals surface area contributed by atoms with Gasteiger partial charge in [0.1, 0.15) is 17.2 Å². The lowest BCUT2D eigenvalue weighted by Gasteiger charge is -2.34. The van der Waals surface area contributed by atoms with E-state index in [0.29, 0.717) is 36.8 Å². The van der Waals surface area contributed by atoms with Crippen LogP contribution in [0.3, 0.4) is 0 Å². The molecule has 1 amide bonds. The van der Waals surface area contributed by atoms with E-state index in [0.717, 1.165) is 18.4 Å². The monoisotopic (exact) mass is 534 g/mol. The van der Waals surface area contributed by atoms with Crippen LogP contribution in [0.25, 0.3) is 11.3 Å². The van der Waals surface area contributed by atoms with E-state index in [9.17, 15) is 18.0 Å². The number of anilines is 1. The molecule has 0 spiro atoms. The van der Waals surface area contributed by atoms with Gasteiger partial charge in [-0.05, 0) is 77.3 Å². The van der Waals surface area contributed by atoms with Gasteiger partial charge in [-0.15, -0.1) is 10.2 Å². The van der Waals surface area contributed by atoms with Crippen LogP contribution >= 0.6 is 0 Å². The van der Waals surface area contributed by atoms with Crippen molar-refractivity contribution in [3.63, 3.8) is 0 Å². The minimum Gasteiger partial charge on any atom is -0.467 e. The number of benzene rings is 1. The fourth-order valence-electron chi connectivity index (χ4n) is 3.86. The van der Waals surface area contributed by atoms with E-state index in [4.69, 9.17) is 14.2 Å². The Labute approximate surface area is 220 Å². The third kappa shape index (κ3) is 8.80. The molecular weight excluding hydrogens is 501 g/mol. The highest BCUT2D eigenvalue weighted by Gasteiger charge is 2.28. The number of halogens is 3. The van der Waals surface area contributed by atoms with Crippen LogP contribution in [0, 0.1) is 18.8 Å². The Hall–Kier alpha value is -3.52. The Kier molecular flexibility index (Phi) is 9.44. The number of carbonyl (C=O) groups is 1. The summed E-state index contributed by atoms with van der Waals surface area (Å²) in [5, 5.41) is 12.0. The van der Waals surface area contributed by atoms with E-state index in [1.807, 2.05) is 33.8 Å². The van der Waals surface area contributed by atoms with Crippen LogP contribution in [-0.4, -0.2) is 65.5 Å². The third-order valence-electron chi connectivity index (χ3n) is 5.50. The molecule has 1 atom stereocenters. The van der Waals surface area contributed by atoms with Gasteiger partial charge in [-0.3, -0.25) is 0 Å². The maximum atomic E-state index is 12.5. The van der Waals surface area contributed by atoms with E-state index < -0.39 is 11.8 Å². The van der Waals surface area contributed by atoms with Gasteiger partial charge in [-0.2, -0.15) is 13.2 Å². The third-order valence-corrected chi connectivity index (χ3v) is 5.50. The molecule has 0 radical (unpaired) electrons. The summed E-state index contributed by atoms with van der Waals surface area (Å²) < 4.78 is 54.1. The quantitative estimate of drug-likeness (QED) is 0.283. The Morgan fingerprint density at radius 1 is 1.21 bits per heavy atom. The number of piperidine rings is 1. The highest BCUT2D eigenvalue weighted by atomic mass is 19.4. The van der Waals surface area contributed by atoms with Crippen molar-refractivity contribution in [3.05, 3.63) is 35.4 Å². The summed E-state index contributed by atoms with van der Waals surface area (Å²) in [6.45, 7) is 10.6. The number of rotatable bonds is 7. The zero-order valence-electron chi connectivity index (χ0n) is 22.2. The van der Waals surface area contributed by atoms with Crippen molar-refractivity contribution >= 4 is 11.9 Å². The highest BCUT2D eigenvalue weighted by Crippen LogP contribution is 2.32. The van der Waals surface area contributed by atoms with Crippen LogP contribution in [0.2, 0.25) is 0 Å². The van der Waals surface area contributed by atoms with Crippen LogP contribution in [0.5, 0.6) is 5.75 Å². The van der Waals surface area contributed by atoms with Crippen molar-refractivity contribution in [2.75, 3.05) is 31.8 Å². The first-order chi connectivity index (χ1) is 17.8. The molecule has 8 nitrogen and oxygen atoms in total. The average Bonchev–Trinajstić information content (AvgIpc) is 2.82. The molecule has 38 heavy (non-hydrogen) atoms. The Bertz CT molecular complexity index is 1190. The number of nitrogens with zero attached hydrogens (tertiary/aromatic N) is 3. The molecule has 1 saturated heterocycles. The molecule has 2 heterocycles. The van der Waals surface area contributed by atoms with Crippen LogP contribution in [-0.2, 0) is 9.47 Å². The fraction of sp³-hybridized carbons (Fsp3) is 0.519. The zero-order chi connectivity index (χ0) is 27.9. The van der Waals surface area contributed by atoms with Crippen molar-refractivity contribution in [1.29, 1.82) is 0 Å². The number of nitrogens with one attached hydrogen (secondary N) is 1. The molecule has 0 unspecified atom stereocenters. The van der Waals surface area contributed by atoms with Gasteiger partial charge in [0, 0.05) is 42.8 Å². The first-order valence-corrected chi connectivity index (χ1v) is 12.4. The molecule has 0 aliphatic carbocycles. The lowest BCUT2D eigenvalue weighted by Crippen LogP contribution is -2.47. The van der Waals surface area contributed by atoms with E-state index in [-0.39, 0.29) is 30.2 Å². The van der Waals surface area contributed by atoms with Crippen molar-refractivity contribution in [1.82, 2.24) is 15.1 Å². The van der Waals surface area contributed by atoms with E-state index in [2.05, 4.69) is 21.4 Å². The summed E-state index contributed by atoms with van der Waals surface area (Å²) in [7, 11) is 0. The predicted octanol–water partition coefficient (Wildman–Crippen LogP) is 5.55. The van der Waals surface area contributed by atoms with Gasteiger partial charge >= 0.3 is 12.3 Å². The topological polar surface area (TPSA) is 85.8 Å². The molecule has 0 bridgehead atoms. The van der Waals surface area contributed by atoms with E-state index >= 15 is 0 Å². The smallest absolute Gasteiger partial charge is 0.458 e. The minimum absolute atomic E-state index is 0.0209. The first kappa shape index (κ1) is 29.0. The van der Waals surface area contributed by atoms with Gasteiger partial charge < -0.3 is 24.4 Å². The Balaban J connectivity index is 1.78. The van der Waals surface area contributed by atoms with Gasteiger partial charge in [0.05, 0.1) is 5.69 Å². The average molecular weight is 535 g/mol. The van der Waals surface area contributed by atoms with Crippen molar-refractivity contribution < 1.29 is 32.2 Å². The number of amides is 1. The van der Waals surface area contributed by atoms with E-state index in [1.165, 1.54) is 18.1 Å². The number of likely N-dealkylation sites (tertiary alicyclic amines) is 1. The standard InChI is InChI=1S/C27H33F3N4O4/c1-6-36-17-37-22-15-19(11-12-27(28,29)30)9-10-21(22)24-18(2)14-23(32-33-24)31-20-8-7-13-34(16-20)25(35)38-26(3,4)5/h9-10,14-15,20H,6-8,13,16-17H2,1-5H3,(H,31,32)/t20-/m1/s1. The fourth-order valence-corrected chi connectivity index (χ4v) is 3.86. The molecule has 1 N–H and O–H groups in total. The largest absolute Gasteiger partial charge is 0.467 e. The number of aryl methyl sites for hydroxylation is 1. The lowest BCUT2D eigenvalue weighted by atomic mass is 10.0. The maximum absolute atomic E-state index is 12.5. The summed E-state index contributed by atoms with van der Waals surface area (Å²) in [5.41, 5.74) is 1.42. The molecule has 1 aliphatic heterocycles. The summed E-state index contributed by atoms with van der Waals surface area (Å²) >= 11 is 0. The van der Waals surface area contributed by atoms with Crippen LogP contribution < -0.4 is 10.1 Å². The molecule has 1 aliphatic rings. The van der Waals surface area contributed by atoms with Crippen molar-refractivity contribution in [3.8, 4) is 28.8 Å². The van der Waals surface area contributed by atoms with Crippen molar-refractivity contribution in [2.45, 2.75) is 65.3 Å². The highest BCUT2D eigenvalue weighted by molar-refractivity contribution is 5.72. The molecule has 0 saturated carbocycles. The molecule has 3 rings (SSSR count). The SMILES string of the molecule is CCOCOc1cc(C#CC(F)(F)F)ccc1-c1nnc(N[C@@H]2CCCN(C(=O)OC(C)(C)C)C2)cc1C. The number of hydrogen-bond acceptors (Lipinski definition) is 7. The molecule has 11 heteroatoms. The number of aromatic nitrogens is 2. The first-order valence-electron chi connectivity index (χ1n) is 12.4. The molecule has 1 aromatic heterocycles. The Morgan fingerprint density at radius 2 is 1.97 bits per heavy atom. The number of hydrogen-bond donors (Lipinski definition) is 1. The number of carbonyl (C=O) groups excluding carboxylic acids is 1. The second-order valence-corrected chi connectivity index (χ2v) is 9.88. The van der Waals surface area contributed by atoms with Crippen LogP contribution in [0.4, 0.5) is 23.8 Å². The lowest BCUT2D eigenvalue weighted by molar-refractivity contribution is -0.0696. The normalized spacial score (nSPS) is 15.9. The summed E-state index contributed by atoms with van der Waals surface area (Å²) in [6.07, 6.45) is -3.26. The van der Waals surface area contributed by atoms with Crippen LogP contribution in [0.1, 0.15) is 51.7 Å². The van der Waals surface area contributed by atoms with Gasteiger partial charge in [0.2, 0.25) is 0 Å². The van der Waals surface area contributed by atoms with Gasteiger partial charge in [0.15, 0.2) is 6.79 Å².